The monoisotopic (exact) mass is 425 g/mol. The summed E-state index contributed by atoms with van der Waals surface area (Å²) in [7, 11) is 3.05. The predicted molar refractivity (Wildman–Crippen MR) is 116 cm³/mol. The van der Waals surface area contributed by atoms with Crippen molar-refractivity contribution in [2.45, 2.75) is 30.3 Å². The third-order valence-electron chi connectivity index (χ3n) is 4.87. The van der Waals surface area contributed by atoms with Crippen molar-refractivity contribution in [1.82, 2.24) is 9.55 Å². The second-order valence-corrected chi connectivity index (χ2v) is 7.58. The fourth-order valence-electron chi connectivity index (χ4n) is 3.15. The van der Waals surface area contributed by atoms with E-state index < -0.39 is 0 Å². The van der Waals surface area contributed by atoms with E-state index in [-0.39, 0.29) is 18.2 Å². The molecule has 1 heterocycles. The molecule has 0 aliphatic carbocycles. The van der Waals surface area contributed by atoms with Crippen molar-refractivity contribution in [3.05, 3.63) is 57.9 Å². The van der Waals surface area contributed by atoms with Crippen molar-refractivity contribution >= 4 is 22.7 Å². The molecule has 156 valence electrons. The fourth-order valence-corrected chi connectivity index (χ4v) is 4.17. The molecule has 3 rings (SSSR count). The fraction of sp³-hybridized carbons (Fsp3) is 0.318. The van der Waals surface area contributed by atoms with E-state index in [9.17, 15) is 9.90 Å². The molecule has 0 radical (unpaired) electrons. The van der Waals surface area contributed by atoms with E-state index in [1.54, 1.807) is 28.8 Å². The van der Waals surface area contributed by atoms with Crippen LogP contribution in [-0.2, 0) is 5.75 Å². The number of rotatable bonds is 8. The molecule has 7 nitrogen and oxygen atoms in total. The number of hydrogen-bond acceptors (Lipinski definition) is 7. The lowest BCUT2D eigenvalue weighted by Crippen LogP contribution is -2.29. The quantitative estimate of drug-likeness (QED) is 0.436. The van der Waals surface area contributed by atoms with Crippen LogP contribution >= 0.6 is 11.8 Å². The molecule has 0 fully saturated rings. The minimum atomic E-state index is -0.383. The van der Waals surface area contributed by atoms with Crippen LogP contribution in [-0.4, -0.2) is 35.5 Å². The number of thioether (sulfide) groups is 1. The van der Waals surface area contributed by atoms with E-state index in [0.717, 1.165) is 5.56 Å². The number of fused-ring (bicyclic) bond motifs is 1. The highest BCUT2D eigenvalue weighted by molar-refractivity contribution is 7.98. The predicted octanol–water partition coefficient (Wildman–Crippen LogP) is 3.52. The van der Waals surface area contributed by atoms with Gasteiger partial charge in [-0.25, -0.2) is 4.98 Å². The summed E-state index contributed by atoms with van der Waals surface area (Å²) in [6.45, 7) is 1.75. The SMILES string of the molecule is CC[C@@H](CO)n1c(SCc2ccc(C#N)cc2)nc2cc(OC)c(OC)cc2c1=O. The van der Waals surface area contributed by atoms with Gasteiger partial charge in [-0.2, -0.15) is 5.26 Å². The average Bonchev–Trinajstić information content (AvgIpc) is 2.79. The van der Waals surface area contributed by atoms with Crippen molar-refractivity contribution in [2.24, 2.45) is 0 Å². The number of nitriles is 1. The van der Waals surface area contributed by atoms with Crippen LogP contribution in [0.5, 0.6) is 11.5 Å². The molecule has 2 aromatic carbocycles. The first-order valence-corrected chi connectivity index (χ1v) is 10.5. The summed E-state index contributed by atoms with van der Waals surface area (Å²) in [6.07, 6.45) is 0.585. The van der Waals surface area contributed by atoms with Crippen LogP contribution in [0.3, 0.4) is 0 Å². The molecular formula is C22H23N3O4S. The van der Waals surface area contributed by atoms with Crippen molar-refractivity contribution in [3.63, 3.8) is 0 Å². The highest BCUT2D eigenvalue weighted by Crippen LogP contribution is 2.32. The number of aromatic nitrogens is 2. The van der Waals surface area contributed by atoms with Gasteiger partial charge in [0.15, 0.2) is 16.7 Å². The minimum absolute atomic E-state index is 0.165. The maximum Gasteiger partial charge on any atom is 0.262 e. The van der Waals surface area contributed by atoms with Crippen LogP contribution in [0.25, 0.3) is 10.9 Å². The molecule has 0 spiro atoms. The zero-order chi connectivity index (χ0) is 21.7. The normalized spacial score (nSPS) is 11.8. The molecular weight excluding hydrogens is 402 g/mol. The number of nitrogens with zero attached hydrogens (tertiary/aromatic N) is 3. The van der Waals surface area contributed by atoms with Gasteiger partial charge in [-0.05, 0) is 30.2 Å². The van der Waals surface area contributed by atoms with E-state index >= 15 is 0 Å². The topological polar surface area (TPSA) is 97.4 Å². The molecule has 1 N–H and O–H groups in total. The van der Waals surface area contributed by atoms with Gasteiger partial charge in [0.1, 0.15) is 0 Å². The zero-order valence-corrected chi connectivity index (χ0v) is 17.9. The molecule has 8 heteroatoms. The van der Waals surface area contributed by atoms with Crippen LogP contribution in [0.4, 0.5) is 0 Å². The van der Waals surface area contributed by atoms with Gasteiger partial charge >= 0.3 is 0 Å². The summed E-state index contributed by atoms with van der Waals surface area (Å²) >= 11 is 1.41. The maximum absolute atomic E-state index is 13.3. The maximum atomic E-state index is 13.3. The average molecular weight is 426 g/mol. The first kappa shape index (κ1) is 21.7. The Morgan fingerprint density at radius 1 is 1.20 bits per heavy atom. The Hall–Kier alpha value is -3.02. The van der Waals surface area contributed by atoms with Crippen molar-refractivity contribution in [1.29, 1.82) is 5.26 Å². The van der Waals surface area contributed by atoms with Gasteiger partial charge in [-0.3, -0.25) is 9.36 Å². The van der Waals surface area contributed by atoms with Gasteiger partial charge in [0.05, 0.1) is 49.4 Å². The number of aliphatic hydroxyl groups excluding tert-OH is 1. The molecule has 1 aromatic heterocycles. The molecule has 3 aromatic rings. The van der Waals surface area contributed by atoms with E-state index in [1.807, 2.05) is 19.1 Å². The molecule has 0 amide bonds. The summed E-state index contributed by atoms with van der Waals surface area (Å²) < 4.78 is 12.2. The van der Waals surface area contributed by atoms with Crippen LogP contribution in [0.2, 0.25) is 0 Å². The third kappa shape index (κ3) is 4.27. The Labute approximate surface area is 178 Å². The number of ether oxygens (including phenoxy) is 2. The molecule has 0 aliphatic rings. The molecule has 30 heavy (non-hydrogen) atoms. The zero-order valence-electron chi connectivity index (χ0n) is 17.1. The summed E-state index contributed by atoms with van der Waals surface area (Å²) in [5.74, 6) is 1.51. The van der Waals surface area contributed by atoms with Crippen LogP contribution in [0.1, 0.15) is 30.5 Å². The van der Waals surface area contributed by atoms with Gasteiger partial charge in [0.2, 0.25) is 0 Å². The van der Waals surface area contributed by atoms with Crippen LogP contribution < -0.4 is 15.0 Å². The summed E-state index contributed by atoms with van der Waals surface area (Å²) in [4.78, 5) is 18.0. The first-order valence-electron chi connectivity index (χ1n) is 9.47. The van der Waals surface area contributed by atoms with Crippen LogP contribution in [0.15, 0.2) is 46.3 Å². The first-order chi connectivity index (χ1) is 14.6. The Bertz CT molecular complexity index is 1130. The molecule has 0 saturated heterocycles. The summed E-state index contributed by atoms with van der Waals surface area (Å²) in [5, 5.41) is 19.7. The van der Waals surface area contributed by atoms with Gasteiger partial charge < -0.3 is 14.6 Å². The highest BCUT2D eigenvalue weighted by atomic mass is 32.2. The Morgan fingerprint density at radius 3 is 2.43 bits per heavy atom. The smallest absolute Gasteiger partial charge is 0.262 e. The van der Waals surface area contributed by atoms with E-state index in [1.165, 1.54) is 26.0 Å². The van der Waals surface area contributed by atoms with E-state index in [0.29, 0.717) is 45.3 Å². The Balaban J connectivity index is 2.10. The van der Waals surface area contributed by atoms with Crippen molar-refractivity contribution in [2.75, 3.05) is 20.8 Å². The molecule has 0 saturated carbocycles. The van der Waals surface area contributed by atoms with Crippen LogP contribution in [0, 0.1) is 11.3 Å². The molecule has 0 aliphatic heterocycles. The standard InChI is InChI=1S/C22H23N3O4S/c1-4-16(12-26)25-21(27)17-9-19(28-2)20(29-3)10-18(17)24-22(25)30-13-15-7-5-14(11-23)6-8-15/h5-10,16,26H,4,12-13H2,1-3H3/t16-/m0/s1. The number of benzene rings is 2. The lowest BCUT2D eigenvalue weighted by molar-refractivity contribution is 0.213. The largest absolute Gasteiger partial charge is 0.493 e. The van der Waals surface area contributed by atoms with Gasteiger partial charge in [0.25, 0.3) is 5.56 Å². The van der Waals surface area contributed by atoms with Gasteiger partial charge in [-0.1, -0.05) is 30.8 Å². The summed E-state index contributed by atoms with van der Waals surface area (Å²) in [5.41, 5.74) is 1.87. The molecule has 0 bridgehead atoms. The number of methoxy groups -OCH3 is 2. The highest BCUT2D eigenvalue weighted by Gasteiger charge is 2.20. The van der Waals surface area contributed by atoms with E-state index in [4.69, 9.17) is 19.7 Å². The minimum Gasteiger partial charge on any atom is -0.493 e. The number of hydrogen-bond donors (Lipinski definition) is 1. The van der Waals surface area contributed by atoms with E-state index in [2.05, 4.69) is 6.07 Å². The van der Waals surface area contributed by atoms with Crippen molar-refractivity contribution < 1.29 is 14.6 Å². The Kier molecular flexibility index (Phi) is 6.98. The second kappa shape index (κ2) is 9.65. The lowest BCUT2D eigenvalue weighted by atomic mass is 10.2. The number of aliphatic hydroxyl groups is 1. The lowest BCUT2D eigenvalue weighted by Gasteiger charge is -2.20. The Morgan fingerprint density at radius 2 is 1.87 bits per heavy atom. The second-order valence-electron chi connectivity index (χ2n) is 6.64. The molecule has 0 unspecified atom stereocenters. The van der Waals surface area contributed by atoms with Crippen molar-refractivity contribution in [3.8, 4) is 17.6 Å². The van der Waals surface area contributed by atoms with Gasteiger partial charge in [-0.15, -0.1) is 0 Å². The molecule has 1 atom stereocenters. The van der Waals surface area contributed by atoms with Gasteiger partial charge in [0, 0.05) is 11.8 Å². The summed E-state index contributed by atoms with van der Waals surface area (Å²) in [6, 6.07) is 12.3. The third-order valence-corrected chi connectivity index (χ3v) is 5.90.